The highest BCUT2D eigenvalue weighted by molar-refractivity contribution is 5.75. The van der Waals surface area contributed by atoms with E-state index in [9.17, 15) is 9.18 Å². The van der Waals surface area contributed by atoms with Gasteiger partial charge in [-0.25, -0.2) is 9.18 Å². The summed E-state index contributed by atoms with van der Waals surface area (Å²) in [5, 5.41) is 12.2. The Labute approximate surface area is 153 Å². The maximum atomic E-state index is 14.2. The van der Waals surface area contributed by atoms with Crippen molar-refractivity contribution in [3.63, 3.8) is 0 Å². The number of hydrogen-bond acceptors (Lipinski definition) is 4. The number of aliphatic hydroxyl groups excluding tert-OH is 1. The average Bonchev–Trinajstić information content (AvgIpc) is 3.06. The van der Waals surface area contributed by atoms with Crippen LogP contribution in [-0.2, 0) is 11.2 Å². The molecule has 2 saturated heterocycles. The zero-order chi connectivity index (χ0) is 18.4. The topological polar surface area (TPSA) is 65.0 Å². The third kappa shape index (κ3) is 5.16. The Hall–Kier alpha value is -1.70. The number of hydrogen-bond donors (Lipinski definition) is 2. The summed E-state index contributed by atoms with van der Waals surface area (Å²) in [5.74, 6) is 0. The molecule has 3 rings (SSSR count). The Morgan fingerprint density at radius 1 is 1.27 bits per heavy atom. The minimum absolute atomic E-state index is 0.0507. The van der Waals surface area contributed by atoms with Crippen molar-refractivity contribution in [3.05, 3.63) is 35.9 Å². The number of nitrogens with zero attached hydrogens (tertiary/aromatic N) is 2. The molecule has 7 heteroatoms. The molecule has 0 aliphatic carbocycles. The molecule has 0 bridgehead atoms. The molecule has 2 N–H and O–H groups in total. The zero-order valence-corrected chi connectivity index (χ0v) is 15.1. The lowest BCUT2D eigenvalue weighted by Crippen LogP contribution is -2.51. The Balaban J connectivity index is 1.61. The van der Waals surface area contributed by atoms with Gasteiger partial charge in [0, 0.05) is 38.6 Å². The Kier molecular flexibility index (Phi) is 6.45. The second-order valence-corrected chi connectivity index (χ2v) is 7.23. The smallest absolute Gasteiger partial charge is 0.317 e. The third-order valence-electron chi connectivity index (χ3n) is 5.11. The van der Waals surface area contributed by atoms with Crippen molar-refractivity contribution in [2.24, 2.45) is 0 Å². The number of benzene rings is 1. The Bertz CT molecular complexity index is 583. The third-order valence-corrected chi connectivity index (χ3v) is 5.11. The SMILES string of the molecule is O=C(NC(Cc1ccccc1)CN1CCOCC1)N1CCC(F)(CO)C1. The molecule has 0 radical (unpaired) electrons. The highest BCUT2D eigenvalue weighted by Gasteiger charge is 2.40. The summed E-state index contributed by atoms with van der Waals surface area (Å²) < 4.78 is 19.6. The number of carbonyl (C=O) groups excluding carboxylic acids is 1. The molecule has 26 heavy (non-hydrogen) atoms. The van der Waals surface area contributed by atoms with Gasteiger partial charge in [0.05, 0.1) is 26.4 Å². The molecule has 2 aliphatic rings. The number of alkyl halides is 1. The maximum absolute atomic E-state index is 14.2. The summed E-state index contributed by atoms with van der Waals surface area (Å²) >= 11 is 0. The number of halogens is 1. The molecule has 0 aromatic heterocycles. The van der Waals surface area contributed by atoms with Gasteiger partial charge in [-0.05, 0) is 12.0 Å². The van der Waals surface area contributed by atoms with Gasteiger partial charge in [-0.15, -0.1) is 0 Å². The molecule has 144 valence electrons. The molecular weight excluding hydrogens is 337 g/mol. The fourth-order valence-corrected chi connectivity index (χ4v) is 3.56. The van der Waals surface area contributed by atoms with Crippen LogP contribution in [0.25, 0.3) is 0 Å². The molecule has 0 spiro atoms. The predicted molar refractivity (Wildman–Crippen MR) is 96.8 cm³/mol. The molecule has 2 aliphatic heterocycles. The van der Waals surface area contributed by atoms with E-state index in [0.29, 0.717) is 19.8 Å². The van der Waals surface area contributed by atoms with Gasteiger partial charge < -0.3 is 20.1 Å². The number of rotatable bonds is 6. The maximum Gasteiger partial charge on any atom is 0.317 e. The number of aliphatic hydroxyl groups is 1. The molecule has 1 aromatic carbocycles. The summed E-state index contributed by atoms with van der Waals surface area (Å²) in [7, 11) is 0. The number of morpholine rings is 1. The lowest BCUT2D eigenvalue weighted by Gasteiger charge is -2.32. The van der Waals surface area contributed by atoms with Crippen molar-refractivity contribution in [1.29, 1.82) is 0 Å². The average molecular weight is 365 g/mol. The molecule has 2 fully saturated rings. The first-order valence-corrected chi connectivity index (χ1v) is 9.27. The second-order valence-electron chi connectivity index (χ2n) is 7.23. The first kappa shape index (κ1) is 19.1. The van der Waals surface area contributed by atoms with Crippen LogP contribution in [0.3, 0.4) is 0 Å². The summed E-state index contributed by atoms with van der Waals surface area (Å²) in [6, 6.07) is 9.72. The molecule has 0 saturated carbocycles. The van der Waals surface area contributed by atoms with Gasteiger partial charge in [-0.2, -0.15) is 0 Å². The quantitative estimate of drug-likeness (QED) is 0.791. The van der Waals surface area contributed by atoms with Gasteiger partial charge in [0.2, 0.25) is 0 Å². The summed E-state index contributed by atoms with van der Waals surface area (Å²) in [4.78, 5) is 16.4. The van der Waals surface area contributed by atoms with E-state index in [1.807, 2.05) is 30.3 Å². The standard InChI is InChI=1S/C19H28FN3O3/c20-19(15-24)6-7-23(14-19)18(25)21-17(12-16-4-2-1-3-5-16)13-22-8-10-26-11-9-22/h1-5,17,24H,6-15H2,(H,21,25). The largest absolute Gasteiger partial charge is 0.393 e. The number of carbonyl (C=O) groups is 1. The normalized spacial score (nSPS) is 25.2. The zero-order valence-electron chi connectivity index (χ0n) is 15.1. The highest BCUT2D eigenvalue weighted by atomic mass is 19.1. The van der Waals surface area contributed by atoms with Crippen molar-refractivity contribution in [1.82, 2.24) is 15.1 Å². The van der Waals surface area contributed by atoms with Crippen molar-refractivity contribution in [2.45, 2.75) is 24.6 Å². The van der Waals surface area contributed by atoms with Gasteiger partial charge in [0.15, 0.2) is 5.67 Å². The van der Waals surface area contributed by atoms with Gasteiger partial charge in [0.25, 0.3) is 0 Å². The van der Waals surface area contributed by atoms with Crippen molar-refractivity contribution in [3.8, 4) is 0 Å². The van der Waals surface area contributed by atoms with Gasteiger partial charge in [-0.1, -0.05) is 30.3 Å². The molecule has 2 amide bonds. The van der Waals surface area contributed by atoms with Gasteiger partial charge in [-0.3, -0.25) is 4.90 Å². The van der Waals surface area contributed by atoms with Gasteiger partial charge >= 0.3 is 6.03 Å². The van der Waals surface area contributed by atoms with E-state index < -0.39 is 12.3 Å². The Morgan fingerprint density at radius 3 is 2.65 bits per heavy atom. The van der Waals surface area contributed by atoms with E-state index in [1.54, 1.807) is 0 Å². The van der Waals surface area contributed by atoms with Crippen LogP contribution in [0, 0.1) is 0 Å². The van der Waals surface area contributed by atoms with E-state index >= 15 is 0 Å². The number of nitrogens with one attached hydrogen (secondary N) is 1. The van der Waals surface area contributed by atoms with Crippen LogP contribution in [0.4, 0.5) is 9.18 Å². The van der Waals surface area contributed by atoms with E-state index in [1.165, 1.54) is 4.90 Å². The van der Waals surface area contributed by atoms with E-state index in [4.69, 9.17) is 9.84 Å². The highest BCUT2D eigenvalue weighted by Crippen LogP contribution is 2.25. The van der Waals surface area contributed by atoms with Crippen LogP contribution in [-0.4, -0.2) is 85.2 Å². The second kappa shape index (κ2) is 8.79. The molecule has 2 atom stereocenters. The number of ether oxygens (including phenoxy) is 1. The summed E-state index contributed by atoms with van der Waals surface area (Å²) in [5.41, 5.74) is -0.515. The number of likely N-dealkylation sites (tertiary alicyclic amines) is 1. The lowest BCUT2D eigenvalue weighted by atomic mass is 10.1. The minimum atomic E-state index is -1.67. The van der Waals surface area contributed by atoms with Crippen LogP contribution in [0.15, 0.2) is 30.3 Å². The minimum Gasteiger partial charge on any atom is -0.393 e. The van der Waals surface area contributed by atoms with Crippen LogP contribution >= 0.6 is 0 Å². The molecule has 2 heterocycles. The van der Waals surface area contributed by atoms with E-state index in [-0.39, 0.29) is 25.0 Å². The fraction of sp³-hybridized carbons (Fsp3) is 0.632. The van der Waals surface area contributed by atoms with Crippen molar-refractivity contribution < 1.29 is 19.0 Å². The van der Waals surface area contributed by atoms with Crippen molar-refractivity contribution >= 4 is 6.03 Å². The fourth-order valence-electron chi connectivity index (χ4n) is 3.56. The van der Waals surface area contributed by atoms with Crippen LogP contribution in [0.5, 0.6) is 0 Å². The number of urea groups is 1. The van der Waals surface area contributed by atoms with Crippen LogP contribution in [0.1, 0.15) is 12.0 Å². The summed E-state index contributed by atoms with van der Waals surface area (Å²) in [6.07, 6.45) is 0.905. The predicted octanol–water partition coefficient (Wildman–Crippen LogP) is 1.05. The van der Waals surface area contributed by atoms with Crippen LogP contribution < -0.4 is 5.32 Å². The first-order chi connectivity index (χ1) is 12.6. The first-order valence-electron chi connectivity index (χ1n) is 9.27. The number of amides is 2. The van der Waals surface area contributed by atoms with Gasteiger partial charge in [0.1, 0.15) is 0 Å². The van der Waals surface area contributed by atoms with Crippen LogP contribution in [0.2, 0.25) is 0 Å². The summed E-state index contributed by atoms with van der Waals surface area (Å²) in [6.45, 7) is 3.59. The van der Waals surface area contributed by atoms with E-state index in [0.717, 1.165) is 31.6 Å². The molecule has 6 nitrogen and oxygen atoms in total. The molecule has 2 unspecified atom stereocenters. The lowest BCUT2D eigenvalue weighted by molar-refractivity contribution is 0.0337. The molecule has 1 aromatic rings. The monoisotopic (exact) mass is 365 g/mol. The Morgan fingerprint density at radius 2 is 2.00 bits per heavy atom. The molecular formula is C19H28FN3O3. The van der Waals surface area contributed by atoms with Crippen molar-refractivity contribution in [2.75, 3.05) is 52.5 Å². The van der Waals surface area contributed by atoms with E-state index in [2.05, 4.69) is 10.2 Å².